The van der Waals surface area contributed by atoms with E-state index in [9.17, 15) is 4.79 Å². The molecule has 34 heavy (non-hydrogen) atoms. The summed E-state index contributed by atoms with van der Waals surface area (Å²) < 4.78 is 1.86. The van der Waals surface area contributed by atoms with Crippen molar-refractivity contribution in [1.82, 2.24) is 19.7 Å². The monoisotopic (exact) mass is 449 g/mol. The van der Waals surface area contributed by atoms with Crippen LogP contribution in [0.3, 0.4) is 0 Å². The number of hydrogen-bond acceptors (Lipinski definition) is 4. The van der Waals surface area contributed by atoms with E-state index in [4.69, 9.17) is 4.98 Å². The Bertz CT molecular complexity index is 1340. The summed E-state index contributed by atoms with van der Waals surface area (Å²) in [6.07, 6.45) is 8.00. The fourth-order valence-electron chi connectivity index (χ4n) is 5.25. The summed E-state index contributed by atoms with van der Waals surface area (Å²) in [5.74, 6) is 2.29. The topological polar surface area (TPSA) is 63.9 Å². The van der Waals surface area contributed by atoms with Gasteiger partial charge in [-0.2, -0.15) is 5.10 Å². The second kappa shape index (κ2) is 8.20. The van der Waals surface area contributed by atoms with Crippen molar-refractivity contribution in [2.45, 2.75) is 51.0 Å². The number of fused-ring (bicyclic) bond motifs is 1. The Balaban J connectivity index is 1.31. The van der Waals surface area contributed by atoms with E-state index in [0.717, 1.165) is 35.5 Å². The summed E-state index contributed by atoms with van der Waals surface area (Å²) in [7, 11) is 0. The van der Waals surface area contributed by atoms with E-state index in [1.54, 1.807) is 6.20 Å². The highest BCUT2D eigenvalue weighted by molar-refractivity contribution is 6.01. The highest BCUT2D eigenvalue weighted by Gasteiger charge is 2.43. The third-order valence-electron chi connectivity index (χ3n) is 7.16. The fraction of sp³-hybridized carbons (Fsp3) is 0.286. The van der Waals surface area contributed by atoms with E-state index in [1.807, 2.05) is 34.1 Å². The molecule has 4 aromatic rings. The fourth-order valence-corrected chi connectivity index (χ4v) is 5.25. The molecule has 2 aromatic carbocycles. The van der Waals surface area contributed by atoms with Gasteiger partial charge in [-0.25, -0.2) is 14.6 Å². The molecule has 1 aliphatic heterocycles. The van der Waals surface area contributed by atoms with Gasteiger partial charge in [-0.05, 0) is 48.1 Å². The van der Waals surface area contributed by atoms with Crippen molar-refractivity contribution >= 4 is 11.7 Å². The van der Waals surface area contributed by atoms with Crippen LogP contribution in [0.4, 0.5) is 5.82 Å². The SMILES string of the molecule is CC(C)c1ccccc1-c1ncc2c(n1)N([C@H]1CC[C@@H]1c1ccc(-n3cccn3)cc1)C(=O)C2. The molecule has 6 rings (SSSR count). The summed E-state index contributed by atoms with van der Waals surface area (Å²) in [5.41, 5.74) is 5.48. The summed E-state index contributed by atoms with van der Waals surface area (Å²) in [4.78, 5) is 24.7. The van der Waals surface area contributed by atoms with Crippen molar-refractivity contribution in [3.63, 3.8) is 0 Å². The molecule has 0 N–H and O–H groups in total. The van der Waals surface area contributed by atoms with Gasteiger partial charge < -0.3 is 0 Å². The third kappa shape index (κ3) is 3.41. The number of hydrogen-bond donors (Lipinski definition) is 0. The molecule has 1 fully saturated rings. The first-order valence-corrected chi connectivity index (χ1v) is 12.0. The van der Waals surface area contributed by atoms with Crippen molar-refractivity contribution in [3.8, 4) is 17.1 Å². The first-order valence-electron chi connectivity index (χ1n) is 12.0. The smallest absolute Gasteiger partial charge is 0.233 e. The molecule has 2 aromatic heterocycles. The van der Waals surface area contributed by atoms with Crippen molar-refractivity contribution < 1.29 is 4.79 Å². The predicted octanol–water partition coefficient (Wildman–Crippen LogP) is 5.29. The molecule has 6 heteroatoms. The van der Waals surface area contributed by atoms with Crippen molar-refractivity contribution in [2.24, 2.45) is 0 Å². The Kier molecular flexibility index (Phi) is 5.01. The highest BCUT2D eigenvalue weighted by Crippen LogP contribution is 2.45. The lowest BCUT2D eigenvalue weighted by atomic mass is 9.74. The van der Waals surface area contributed by atoms with Gasteiger partial charge in [0.25, 0.3) is 0 Å². The minimum absolute atomic E-state index is 0.126. The number of rotatable bonds is 5. The molecule has 2 aliphatic rings. The van der Waals surface area contributed by atoms with Crippen molar-refractivity contribution in [1.29, 1.82) is 0 Å². The number of nitrogens with zero attached hydrogens (tertiary/aromatic N) is 5. The van der Waals surface area contributed by atoms with Crippen LogP contribution < -0.4 is 4.90 Å². The third-order valence-corrected chi connectivity index (χ3v) is 7.16. The molecule has 2 atom stereocenters. The van der Waals surface area contributed by atoms with Crippen LogP contribution in [0.25, 0.3) is 17.1 Å². The lowest BCUT2D eigenvalue weighted by Crippen LogP contribution is -2.48. The van der Waals surface area contributed by atoms with Crippen LogP contribution in [0, 0.1) is 0 Å². The highest BCUT2D eigenvalue weighted by atomic mass is 16.2. The Hall–Kier alpha value is -3.80. The second-order valence-corrected chi connectivity index (χ2v) is 9.52. The molecule has 0 saturated heterocycles. The molecule has 0 spiro atoms. The Labute approximate surface area is 199 Å². The first kappa shape index (κ1) is 20.8. The summed E-state index contributed by atoms with van der Waals surface area (Å²) in [6.45, 7) is 4.36. The normalized spacial score (nSPS) is 19.4. The number of carbonyl (C=O) groups is 1. The van der Waals surface area contributed by atoms with E-state index >= 15 is 0 Å². The molecule has 0 radical (unpaired) electrons. The minimum atomic E-state index is 0.126. The number of aromatic nitrogens is 4. The van der Waals surface area contributed by atoms with Gasteiger partial charge in [0.05, 0.1) is 12.1 Å². The Morgan fingerprint density at radius 2 is 1.82 bits per heavy atom. The number of anilines is 1. The van der Waals surface area contributed by atoms with Crippen LogP contribution in [-0.4, -0.2) is 31.7 Å². The van der Waals surface area contributed by atoms with Gasteiger partial charge in [-0.3, -0.25) is 9.69 Å². The van der Waals surface area contributed by atoms with Crippen LogP contribution in [-0.2, 0) is 11.2 Å². The van der Waals surface area contributed by atoms with E-state index in [1.165, 1.54) is 11.1 Å². The molecular weight excluding hydrogens is 422 g/mol. The van der Waals surface area contributed by atoms with E-state index in [-0.39, 0.29) is 11.9 Å². The average molecular weight is 450 g/mol. The predicted molar refractivity (Wildman–Crippen MR) is 132 cm³/mol. The zero-order valence-corrected chi connectivity index (χ0v) is 19.4. The van der Waals surface area contributed by atoms with Gasteiger partial charge in [0, 0.05) is 41.7 Å². The molecule has 3 heterocycles. The number of carbonyl (C=O) groups excluding carboxylic acids is 1. The minimum Gasteiger partial charge on any atom is -0.292 e. The van der Waals surface area contributed by atoms with Crippen LogP contribution in [0.15, 0.2) is 73.2 Å². The van der Waals surface area contributed by atoms with Gasteiger partial charge in [-0.1, -0.05) is 50.2 Å². The van der Waals surface area contributed by atoms with Crippen LogP contribution in [0.2, 0.25) is 0 Å². The quantitative estimate of drug-likeness (QED) is 0.415. The summed E-state index contributed by atoms with van der Waals surface area (Å²) >= 11 is 0. The standard InChI is InChI=1S/C28H27N5O/c1-18(2)22-6-3-4-7-24(22)27-29-17-20-16-26(34)33(28(20)31-27)25-13-12-23(25)19-8-10-21(11-9-19)32-15-5-14-30-32/h3-11,14-15,17-18,23,25H,12-13,16H2,1-2H3/t23-,25+/m1/s1. The maximum atomic E-state index is 13.1. The zero-order chi connectivity index (χ0) is 23.2. The molecule has 6 nitrogen and oxygen atoms in total. The zero-order valence-electron chi connectivity index (χ0n) is 19.4. The van der Waals surface area contributed by atoms with Gasteiger partial charge in [0.15, 0.2) is 5.82 Å². The molecule has 170 valence electrons. The van der Waals surface area contributed by atoms with E-state index < -0.39 is 0 Å². The number of benzene rings is 2. The van der Waals surface area contributed by atoms with Crippen LogP contribution in [0.1, 0.15) is 55.2 Å². The molecular formula is C28H27N5O. The maximum absolute atomic E-state index is 13.1. The second-order valence-electron chi connectivity index (χ2n) is 9.52. The Morgan fingerprint density at radius 3 is 2.53 bits per heavy atom. The van der Waals surface area contributed by atoms with E-state index in [2.05, 4.69) is 66.4 Å². The first-order chi connectivity index (χ1) is 16.6. The van der Waals surface area contributed by atoms with Gasteiger partial charge in [0.1, 0.15) is 5.82 Å². The molecule has 1 amide bonds. The lowest BCUT2D eigenvalue weighted by molar-refractivity contribution is -0.118. The van der Waals surface area contributed by atoms with Crippen molar-refractivity contribution in [3.05, 3.63) is 89.9 Å². The lowest BCUT2D eigenvalue weighted by Gasteiger charge is -2.42. The summed E-state index contributed by atoms with van der Waals surface area (Å²) in [5, 5.41) is 4.31. The van der Waals surface area contributed by atoms with Crippen LogP contribution in [0.5, 0.6) is 0 Å². The Morgan fingerprint density at radius 1 is 1.00 bits per heavy atom. The van der Waals surface area contributed by atoms with Gasteiger partial charge >= 0.3 is 0 Å². The van der Waals surface area contributed by atoms with Gasteiger partial charge in [0.2, 0.25) is 5.91 Å². The van der Waals surface area contributed by atoms with E-state index in [0.29, 0.717) is 24.1 Å². The van der Waals surface area contributed by atoms with Crippen molar-refractivity contribution in [2.75, 3.05) is 4.90 Å². The molecule has 1 aliphatic carbocycles. The maximum Gasteiger partial charge on any atom is 0.233 e. The molecule has 0 bridgehead atoms. The van der Waals surface area contributed by atoms with Gasteiger partial charge in [-0.15, -0.1) is 0 Å². The average Bonchev–Trinajstić information content (AvgIpc) is 3.47. The van der Waals surface area contributed by atoms with Crippen LogP contribution >= 0.6 is 0 Å². The largest absolute Gasteiger partial charge is 0.292 e. The molecule has 1 saturated carbocycles. The molecule has 0 unspecified atom stereocenters. The summed E-state index contributed by atoms with van der Waals surface area (Å²) in [6, 6.07) is 18.9. The number of amides is 1.